The first-order valence-electron chi connectivity index (χ1n) is 5.93. The van der Waals surface area contributed by atoms with Gasteiger partial charge in [-0.1, -0.05) is 24.6 Å². The van der Waals surface area contributed by atoms with E-state index >= 15 is 0 Å². The molecule has 2 nitrogen and oxygen atoms in total. The van der Waals surface area contributed by atoms with Crippen molar-refractivity contribution in [2.24, 2.45) is 0 Å². The number of hydrogen-bond acceptors (Lipinski definition) is 2. The van der Waals surface area contributed by atoms with E-state index in [9.17, 15) is 5.11 Å². The van der Waals surface area contributed by atoms with Crippen LogP contribution in [0, 0.1) is 20.8 Å². The highest BCUT2D eigenvalue weighted by molar-refractivity contribution is 5.42. The molecule has 0 aliphatic rings. The van der Waals surface area contributed by atoms with E-state index in [1.165, 1.54) is 16.7 Å². The van der Waals surface area contributed by atoms with Crippen molar-refractivity contribution in [2.45, 2.75) is 46.6 Å². The summed E-state index contributed by atoms with van der Waals surface area (Å²) in [7, 11) is 0. The van der Waals surface area contributed by atoms with Crippen LogP contribution < -0.4 is 4.74 Å². The SMILES string of the molecule is CCC(O)CCOc1c(C)cc(C)cc1C. The predicted molar refractivity (Wildman–Crippen MR) is 67.1 cm³/mol. The number of aliphatic hydroxyl groups is 1. The number of benzene rings is 1. The Hall–Kier alpha value is -1.02. The molecule has 1 N–H and O–H groups in total. The van der Waals surface area contributed by atoms with Crippen LogP contribution in [-0.2, 0) is 0 Å². The molecule has 0 aliphatic heterocycles. The van der Waals surface area contributed by atoms with E-state index in [1.807, 2.05) is 6.92 Å². The Labute approximate surface area is 98.3 Å². The Bertz CT molecular complexity index is 322. The lowest BCUT2D eigenvalue weighted by Gasteiger charge is -2.14. The molecule has 1 aromatic carbocycles. The van der Waals surface area contributed by atoms with Crippen LogP contribution in [0.15, 0.2) is 12.1 Å². The zero-order valence-corrected chi connectivity index (χ0v) is 10.7. The fraction of sp³-hybridized carbons (Fsp3) is 0.571. The van der Waals surface area contributed by atoms with Crippen molar-refractivity contribution in [2.75, 3.05) is 6.61 Å². The number of aryl methyl sites for hydroxylation is 3. The van der Waals surface area contributed by atoms with Gasteiger partial charge in [0.25, 0.3) is 0 Å². The molecule has 0 bridgehead atoms. The zero-order chi connectivity index (χ0) is 12.1. The maximum atomic E-state index is 9.44. The number of aliphatic hydroxyl groups excluding tert-OH is 1. The van der Waals surface area contributed by atoms with Gasteiger partial charge in [0.05, 0.1) is 12.7 Å². The normalized spacial score (nSPS) is 12.6. The van der Waals surface area contributed by atoms with Gasteiger partial charge in [-0.05, 0) is 38.3 Å². The summed E-state index contributed by atoms with van der Waals surface area (Å²) in [5, 5.41) is 9.44. The van der Waals surface area contributed by atoms with E-state index in [2.05, 4.69) is 32.9 Å². The number of ether oxygens (including phenoxy) is 1. The summed E-state index contributed by atoms with van der Waals surface area (Å²) in [6.45, 7) is 8.77. The largest absolute Gasteiger partial charge is 0.493 e. The van der Waals surface area contributed by atoms with E-state index in [4.69, 9.17) is 4.74 Å². The molecule has 1 rings (SSSR count). The van der Waals surface area contributed by atoms with Gasteiger partial charge < -0.3 is 9.84 Å². The minimum Gasteiger partial charge on any atom is -0.493 e. The van der Waals surface area contributed by atoms with Gasteiger partial charge in [-0.25, -0.2) is 0 Å². The molecule has 0 aliphatic carbocycles. The van der Waals surface area contributed by atoms with Crippen LogP contribution in [0.4, 0.5) is 0 Å². The molecule has 1 aromatic rings. The molecule has 16 heavy (non-hydrogen) atoms. The Kier molecular flexibility index (Phi) is 4.81. The summed E-state index contributed by atoms with van der Waals surface area (Å²) >= 11 is 0. The standard InChI is InChI=1S/C14H22O2/c1-5-13(15)6-7-16-14-11(3)8-10(2)9-12(14)4/h8-9,13,15H,5-7H2,1-4H3. The fourth-order valence-corrected chi connectivity index (χ4v) is 1.90. The zero-order valence-electron chi connectivity index (χ0n) is 10.7. The quantitative estimate of drug-likeness (QED) is 0.829. The second-order valence-electron chi connectivity index (χ2n) is 4.43. The van der Waals surface area contributed by atoms with Crippen LogP contribution in [0.3, 0.4) is 0 Å². The van der Waals surface area contributed by atoms with Crippen LogP contribution in [0.1, 0.15) is 36.5 Å². The highest BCUT2D eigenvalue weighted by atomic mass is 16.5. The lowest BCUT2D eigenvalue weighted by molar-refractivity contribution is 0.135. The molecule has 0 spiro atoms. The Morgan fingerprint density at radius 3 is 2.25 bits per heavy atom. The summed E-state index contributed by atoms with van der Waals surface area (Å²) < 4.78 is 5.74. The van der Waals surface area contributed by atoms with Gasteiger partial charge in [0, 0.05) is 6.42 Å². The second kappa shape index (κ2) is 5.90. The van der Waals surface area contributed by atoms with E-state index < -0.39 is 0 Å². The van der Waals surface area contributed by atoms with Crippen LogP contribution >= 0.6 is 0 Å². The average molecular weight is 222 g/mol. The topological polar surface area (TPSA) is 29.5 Å². The predicted octanol–water partition coefficient (Wildman–Crippen LogP) is 3.15. The molecule has 1 atom stereocenters. The van der Waals surface area contributed by atoms with Crippen LogP contribution in [-0.4, -0.2) is 17.8 Å². The van der Waals surface area contributed by atoms with Crippen molar-refractivity contribution in [3.63, 3.8) is 0 Å². The van der Waals surface area contributed by atoms with Crippen molar-refractivity contribution in [3.05, 3.63) is 28.8 Å². The van der Waals surface area contributed by atoms with E-state index in [0.29, 0.717) is 13.0 Å². The van der Waals surface area contributed by atoms with Crippen LogP contribution in [0.2, 0.25) is 0 Å². The Balaban J connectivity index is 2.60. The van der Waals surface area contributed by atoms with Crippen molar-refractivity contribution in [1.82, 2.24) is 0 Å². The fourth-order valence-electron chi connectivity index (χ4n) is 1.90. The molecular formula is C14H22O2. The molecule has 0 radical (unpaired) electrons. The summed E-state index contributed by atoms with van der Waals surface area (Å²) in [6.07, 6.45) is 1.24. The van der Waals surface area contributed by atoms with E-state index in [0.717, 1.165) is 12.2 Å². The third-order valence-corrected chi connectivity index (χ3v) is 2.77. The summed E-state index contributed by atoms with van der Waals surface area (Å²) in [5.41, 5.74) is 3.60. The van der Waals surface area contributed by atoms with Crippen molar-refractivity contribution >= 4 is 0 Å². The Morgan fingerprint density at radius 2 is 1.75 bits per heavy atom. The van der Waals surface area contributed by atoms with Gasteiger partial charge >= 0.3 is 0 Å². The average Bonchev–Trinajstić information content (AvgIpc) is 2.21. The van der Waals surface area contributed by atoms with Crippen LogP contribution in [0.5, 0.6) is 5.75 Å². The summed E-state index contributed by atoms with van der Waals surface area (Å²) in [4.78, 5) is 0. The second-order valence-corrected chi connectivity index (χ2v) is 4.43. The highest BCUT2D eigenvalue weighted by Crippen LogP contribution is 2.24. The lowest BCUT2D eigenvalue weighted by atomic mass is 10.1. The van der Waals surface area contributed by atoms with Crippen molar-refractivity contribution < 1.29 is 9.84 Å². The van der Waals surface area contributed by atoms with Crippen molar-refractivity contribution in [3.8, 4) is 5.75 Å². The first-order valence-corrected chi connectivity index (χ1v) is 5.93. The molecule has 2 heteroatoms. The van der Waals surface area contributed by atoms with Gasteiger partial charge in [-0.3, -0.25) is 0 Å². The highest BCUT2D eigenvalue weighted by Gasteiger charge is 2.06. The summed E-state index contributed by atoms with van der Waals surface area (Å²) in [5.74, 6) is 0.967. The molecule has 0 amide bonds. The minimum atomic E-state index is -0.244. The van der Waals surface area contributed by atoms with Gasteiger partial charge in [-0.15, -0.1) is 0 Å². The van der Waals surface area contributed by atoms with Gasteiger partial charge in [0.15, 0.2) is 0 Å². The first kappa shape index (κ1) is 13.0. The monoisotopic (exact) mass is 222 g/mol. The molecule has 0 saturated carbocycles. The molecule has 1 unspecified atom stereocenters. The third-order valence-electron chi connectivity index (χ3n) is 2.77. The minimum absolute atomic E-state index is 0.244. The number of hydrogen-bond donors (Lipinski definition) is 1. The van der Waals surface area contributed by atoms with E-state index in [1.54, 1.807) is 0 Å². The van der Waals surface area contributed by atoms with Gasteiger partial charge in [-0.2, -0.15) is 0 Å². The molecule has 0 fully saturated rings. The Morgan fingerprint density at radius 1 is 1.19 bits per heavy atom. The maximum absolute atomic E-state index is 9.44. The smallest absolute Gasteiger partial charge is 0.125 e. The molecule has 90 valence electrons. The maximum Gasteiger partial charge on any atom is 0.125 e. The molecular weight excluding hydrogens is 200 g/mol. The first-order chi connectivity index (χ1) is 7.54. The van der Waals surface area contributed by atoms with Gasteiger partial charge in [0.2, 0.25) is 0 Å². The summed E-state index contributed by atoms with van der Waals surface area (Å²) in [6, 6.07) is 4.25. The molecule has 0 aromatic heterocycles. The van der Waals surface area contributed by atoms with Gasteiger partial charge in [0.1, 0.15) is 5.75 Å². The van der Waals surface area contributed by atoms with E-state index in [-0.39, 0.29) is 6.10 Å². The molecule has 0 heterocycles. The number of rotatable bonds is 5. The molecule has 0 saturated heterocycles. The lowest BCUT2D eigenvalue weighted by Crippen LogP contribution is -2.11. The van der Waals surface area contributed by atoms with Crippen molar-refractivity contribution in [1.29, 1.82) is 0 Å². The van der Waals surface area contributed by atoms with Crippen LogP contribution in [0.25, 0.3) is 0 Å². The third kappa shape index (κ3) is 3.53.